The molecule has 3 aromatic rings. The summed E-state index contributed by atoms with van der Waals surface area (Å²) < 4.78 is 0. The van der Waals surface area contributed by atoms with Crippen molar-refractivity contribution in [1.82, 2.24) is 4.98 Å². The van der Waals surface area contributed by atoms with E-state index in [2.05, 4.69) is 48.0 Å². The minimum atomic E-state index is 0.262. The maximum Gasteiger partial charge on any atom is 0.0730 e. The lowest BCUT2D eigenvalue weighted by molar-refractivity contribution is 0.521. The maximum atomic E-state index is 6.68. The molecule has 24 heavy (non-hydrogen) atoms. The Bertz CT molecular complexity index is 909. The lowest BCUT2D eigenvalue weighted by Gasteiger charge is -2.39. The molecule has 0 unspecified atom stereocenters. The van der Waals surface area contributed by atoms with E-state index in [0.29, 0.717) is 0 Å². The van der Waals surface area contributed by atoms with Crippen LogP contribution in [0.2, 0.25) is 5.02 Å². The number of fused-ring (bicyclic) bond motifs is 1. The SMILES string of the molecule is Cc1cccc(C)c1-c1cc2nccc(N3CC(N)C3)c2cc1Cl. The topological polar surface area (TPSA) is 42.2 Å². The van der Waals surface area contributed by atoms with Crippen LogP contribution in [0.1, 0.15) is 11.1 Å². The summed E-state index contributed by atoms with van der Waals surface area (Å²) in [5.41, 5.74) is 12.8. The van der Waals surface area contributed by atoms with Crippen molar-refractivity contribution >= 4 is 28.2 Å². The van der Waals surface area contributed by atoms with Crippen LogP contribution in [0.3, 0.4) is 0 Å². The molecule has 1 aliphatic heterocycles. The Kier molecular flexibility index (Phi) is 3.70. The molecule has 0 saturated carbocycles. The fraction of sp³-hybridized carbons (Fsp3) is 0.250. The van der Waals surface area contributed by atoms with Crippen LogP contribution in [-0.2, 0) is 0 Å². The van der Waals surface area contributed by atoms with E-state index in [9.17, 15) is 0 Å². The van der Waals surface area contributed by atoms with Gasteiger partial charge in [0.2, 0.25) is 0 Å². The minimum Gasteiger partial charge on any atom is -0.368 e. The zero-order valence-electron chi connectivity index (χ0n) is 13.9. The third kappa shape index (κ3) is 2.45. The first-order valence-electron chi connectivity index (χ1n) is 8.20. The van der Waals surface area contributed by atoms with Crippen LogP contribution in [-0.4, -0.2) is 24.1 Å². The smallest absolute Gasteiger partial charge is 0.0730 e. The van der Waals surface area contributed by atoms with Gasteiger partial charge in [0.05, 0.1) is 5.52 Å². The van der Waals surface area contributed by atoms with Crippen molar-refractivity contribution < 1.29 is 0 Å². The molecule has 1 fully saturated rings. The first kappa shape index (κ1) is 15.4. The summed E-state index contributed by atoms with van der Waals surface area (Å²) in [6.45, 7) is 6.01. The number of anilines is 1. The van der Waals surface area contributed by atoms with Crippen LogP contribution in [0.25, 0.3) is 22.0 Å². The lowest BCUT2D eigenvalue weighted by Crippen LogP contribution is -2.55. The number of hydrogen-bond donors (Lipinski definition) is 1. The van der Waals surface area contributed by atoms with E-state index in [1.165, 1.54) is 16.7 Å². The van der Waals surface area contributed by atoms with Gasteiger partial charge in [-0.3, -0.25) is 4.98 Å². The Balaban J connectivity index is 1.90. The van der Waals surface area contributed by atoms with Crippen LogP contribution in [0.4, 0.5) is 5.69 Å². The number of nitrogens with two attached hydrogens (primary N) is 1. The van der Waals surface area contributed by atoms with Crippen molar-refractivity contribution in [1.29, 1.82) is 0 Å². The van der Waals surface area contributed by atoms with Crippen LogP contribution >= 0.6 is 11.6 Å². The standard InChI is InChI=1S/C20H20ClN3/c1-12-4-3-5-13(2)20(12)15-9-18-16(8-17(15)21)19(6-7-23-18)24-10-14(22)11-24/h3-9,14H,10-11,22H2,1-2H3. The number of aryl methyl sites for hydroxylation is 2. The zero-order valence-corrected chi connectivity index (χ0v) is 14.6. The Labute approximate surface area is 147 Å². The number of hydrogen-bond acceptors (Lipinski definition) is 3. The Morgan fingerprint density at radius 1 is 1.12 bits per heavy atom. The quantitative estimate of drug-likeness (QED) is 0.757. The van der Waals surface area contributed by atoms with Crippen molar-refractivity contribution in [2.75, 3.05) is 18.0 Å². The predicted molar refractivity (Wildman–Crippen MR) is 102 cm³/mol. The van der Waals surface area contributed by atoms with E-state index in [1.54, 1.807) is 0 Å². The van der Waals surface area contributed by atoms with Crippen LogP contribution in [0.15, 0.2) is 42.6 Å². The average Bonchev–Trinajstić information content (AvgIpc) is 2.52. The number of halogens is 1. The molecule has 3 nitrogen and oxygen atoms in total. The Morgan fingerprint density at radius 2 is 1.83 bits per heavy atom. The molecule has 0 radical (unpaired) electrons. The third-order valence-electron chi connectivity index (χ3n) is 4.81. The summed E-state index contributed by atoms with van der Waals surface area (Å²) >= 11 is 6.68. The van der Waals surface area contributed by atoms with E-state index in [4.69, 9.17) is 17.3 Å². The highest BCUT2D eigenvalue weighted by Gasteiger charge is 2.25. The Hall–Kier alpha value is -2.10. The fourth-order valence-electron chi connectivity index (χ4n) is 3.57. The summed E-state index contributed by atoms with van der Waals surface area (Å²) in [4.78, 5) is 6.85. The van der Waals surface area contributed by atoms with E-state index < -0.39 is 0 Å². The van der Waals surface area contributed by atoms with Gasteiger partial charge in [-0.2, -0.15) is 0 Å². The summed E-state index contributed by atoms with van der Waals surface area (Å²) in [6.07, 6.45) is 1.86. The molecule has 0 atom stereocenters. The summed E-state index contributed by atoms with van der Waals surface area (Å²) in [6, 6.07) is 12.8. The van der Waals surface area contributed by atoms with Gasteiger partial charge in [-0.25, -0.2) is 0 Å². The van der Waals surface area contributed by atoms with Crippen LogP contribution in [0.5, 0.6) is 0 Å². The van der Waals surface area contributed by atoms with E-state index in [-0.39, 0.29) is 6.04 Å². The van der Waals surface area contributed by atoms with Gasteiger partial charge in [-0.15, -0.1) is 0 Å². The third-order valence-corrected chi connectivity index (χ3v) is 5.12. The zero-order chi connectivity index (χ0) is 16.8. The molecule has 0 bridgehead atoms. The average molecular weight is 338 g/mol. The first-order valence-corrected chi connectivity index (χ1v) is 8.58. The summed E-state index contributed by atoms with van der Waals surface area (Å²) in [7, 11) is 0. The summed E-state index contributed by atoms with van der Waals surface area (Å²) in [5.74, 6) is 0. The van der Waals surface area contributed by atoms with Crippen molar-refractivity contribution in [3.63, 3.8) is 0 Å². The highest BCUT2D eigenvalue weighted by Crippen LogP contribution is 2.38. The largest absolute Gasteiger partial charge is 0.368 e. The van der Waals surface area contributed by atoms with Gasteiger partial charge in [0.1, 0.15) is 0 Å². The van der Waals surface area contributed by atoms with Gasteiger partial charge in [-0.05, 0) is 48.7 Å². The molecule has 1 aromatic heterocycles. The summed E-state index contributed by atoms with van der Waals surface area (Å²) in [5, 5.41) is 1.85. The molecule has 0 amide bonds. The molecule has 2 N–H and O–H groups in total. The molecule has 0 spiro atoms. The molecular weight excluding hydrogens is 318 g/mol. The second-order valence-electron chi connectivity index (χ2n) is 6.61. The predicted octanol–water partition coefficient (Wildman–Crippen LogP) is 4.32. The Morgan fingerprint density at radius 3 is 2.50 bits per heavy atom. The lowest BCUT2D eigenvalue weighted by atomic mass is 9.94. The van der Waals surface area contributed by atoms with Crippen LogP contribution < -0.4 is 10.6 Å². The fourth-order valence-corrected chi connectivity index (χ4v) is 3.83. The minimum absolute atomic E-state index is 0.262. The number of nitrogens with zero attached hydrogens (tertiary/aromatic N) is 2. The molecule has 4 heteroatoms. The van der Waals surface area contributed by atoms with Crippen molar-refractivity contribution in [2.45, 2.75) is 19.9 Å². The van der Waals surface area contributed by atoms with Gasteiger partial charge in [0.25, 0.3) is 0 Å². The molecule has 0 aliphatic carbocycles. The van der Waals surface area contributed by atoms with E-state index >= 15 is 0 Å². The highest BCUT2D eigenvalue weighted by molar-refractivity contribution is 6.34. The molecule has 1 aliphatic rings. The monoisotopic (exact) mass is 337 g/mol. The second kappa shape index (κ2) is 5.76. The molecule has 122 valence electrons. The molecule has 1 saturated heterocycles. The van der Waals surface area contributed by atoms with Crippen molar-refractivity contribution in [2.24, 2.45) is 5.73 Å². The van der Waals surface area contributed by atoms with Gasteiger partial charge >= 0.3 is 0 Å². The van der Waals surface area contributed by atoms with E-state index in [1.807, 2.05) is 18.3 Å². The van der Waals surface area contributed by atoms with Crippen molar-refractivity contribution in [3.05, 3.63) is 58.7 Å². The molecule has 4 rings (SSSR count). The maximum absolute atomic E-state index is 6.68. The number of aromatic nitrogens is 1. The second-order valence-corrected chi connectivity index (χ2v) is 7.02. The normalized spacial score (nSPS) is 14.9. The highest BCUT2D eigenvalue weighted by atomic mass is 35.5. The first-order chi connectivity index (χ1) is 11.5. The molecule has 2 aromatic carbocycles. The van der Waals surface area contributed by atoms with Gasteiger partial charge < -0.3 is 10.6 Å². The number of benzene rings is 2. The van der Waals surface area contributed by atoms with Gasteiger partial charge in [0.15, 0.2) is 0 Å². The molecule has 2 heterocycles. The molecular formula is C20H20ClN3. The van der Waals surface area contributed by atoms with Crippen LogP contribution in [0, 0.1) is 13.8 Å². The van der Waals surface area contributed by atoms with Gasteiger partial charge in [0, 0.05) is 47.0 Å². The van der Waals surface area contributed by atoms with E-state index in [0.717, 1.165) is 40.3 Å². The number of pyridine rings is 1. The van der Waals surface area contributed by atoms with Gasteiger partial charge in [-0.1, -0.05) is 29.8 Å². The van der Waals surface area contributed by atoms with Crippen molar-refractivity contribution in [3.8, 4) is 11.1 Å². The number of rotatable bonds is 2.